The van der Waals surface area contributed by atoms with Gasteiger partial charge in [0.05, 0.1) is 19.8 Å². The van der Waals surface area contributed by atoms with Crippen LogP contribution in [0.4, 0.5) is 0 Å². The molecule has 0 aliphatic heterocycles. The average Bonchev–Trinajstić information content (AvgIpc) is 2.68. The van der Waals surface area contributed by atoms with E-state index in [1.165, 1.54) is 17.5 Å². The van der Waals surface area contributed by atoms with Gasteiger partial charge in [0, 0.05) is 17.5 Å². The third-order valence-corrected chi connectivity index (χ3v) is 6.70. The molecular weight excluding hydrogens is 312 g/mol. The minimum absolute atomic E-state index is 0.188. The maximum atomic E-state index is 11.6. The molecule has 0 aromatic heterocycles. The van der Waals surface area contributed by atoms with E-state index in [0.717, 1.165) is 42.7 Å². The Hall–Kier alpha value is -1.22. The smallest absolute Gasteiger partial charge is 0.164 e. The second-order valence-corrected chi connectivity index (χ2v) is 9.04. The SMILES string of the molecule is COc1c(C(C)C)cc2c(c1OC)CC1(O)CCCC(C)(C)C1CC2. The Morgan fingerprint density at radius 3 is 2.40 bits per heavy atom. The summed E-state index contributed by atoms with van der Waals surface area (Å²) in [6.45, 7) is 9.04. The molecule has 1 aromatic rings. The summed E-state index contributed by atoms with van der Waals surface area (Å²) in [6, 6.07) is 2.30. The quantitative estimate of drug-likeness (QED) is 0.848. The lowest BCUT2D eigenvalue weighted by atomic mass is 9.59. The first-order valence-corrected chi connectivity index (χ1v) is 9.72. The molecule has 0 heterocycles. The summed E-state index contributed by atoms with van der Waals surface area (Å²) in [6.07, 6.45) is 5.91. The molecule has 2 aliphatic rings. The second kappa shape index (κ2) is 6.50. The van der Waals surface area contributed by atoms with Crippen LogP contribution in [0.2, 0.25) is 0 Å². The number of aryl methyl sites for hydroxylation is 1. The summed E-state index contributed by atoms with van der Waals surface area (Å²) >= 11 is 0. The van der Waals surface area contributed by atoms with Gasteiger partial charge in [0.2, 0.25) is 0 Å². The second-order valence-electron chi connectivity index (χ2n) is 9.04. The lowest BCUT2D eigenvalue weighted by Crippen LogP contribution is -2.50. The Balaban J connectivity index is 2.14. The highest BCUT2D eigenvalue weighted by Crippen LogP contribution is 2.53. The Labute approximate surface area is 152 Å². The van der Waals surface area contributed by atoms with E-state index in [2.05, 4.69) is 33.8 Å². The van der Waals surface area contributed by atoms with E-state index in [1.807, 2.05) is 0 Å². The van der Waals surface area contributed by atoms with Gasteiger partial charge < -0.3 is 14.6 Å². The number of aliphatic hydroxyl groups is 1. The maximum absolute atomic E-state index is 11.6. The molecule has 3 heteroatoms. The van der Waals surface area contributed by atoms with E-state index in [0.29, 0.717) is 18.3 Å². The van der Waals surface area contributed by atoms with Gasteiger partial charge in [-0.15, -0.1) is 0 Å². The fourth-order valence-electron chi connectivity index (χ4n) is 5.43. The molecule has 3 nitrogen and oxygen atoms in total. The fraction of sp³-hybridized carbons (Fsp3) is 0.727. The molecule has 140 valence electrons. The van der Waals surface area contributed by atoms with Crippen molar-refractivity contribution < 1.29 is 14.6 Å². The Morgan fingerprint density at radius 1 is 1.12 bits per heavy atom. The van der Waals surface area contributed by atoms with Gasteiger partial charge >= 0.3 is 0 Å². The van der Waals surface area contributed by atoms with Crippen molar-refractivity contribution in [3.8, 4) is 11.5 Å². The van der Waals surface area contributed by atoms with Crippen LogP contribution in [0.5, 0.6) is 11.5 Å². The van der Waals surface area contributed by atoms with Crippen molar-refractivity contribution in [3.05, 3.63) is 22.8 Å². The van der Waals surface area contributed by atoms with Gasteiger partial charge in [0.1, 0.15) is 0 Å². The summed E-state index contributed by atoms with van der Waals surface area (Å²) in [7, 11) is 3.44. The van der Waals surface area contributed by atoms with Crippen LogP contribution in [0.1, 0.15) is 76.0 Å². The Morgan fingerprint density at radius 2 is 1.80 bits per heavy atom. The predicted molar refractivity (Wildman–Crippen MR) is 102 cm³/mol. The van der Waals surface area contributed by atoms with Gasteiger partial charge in [0.15, 0.2) is 11.5 Å². The first kappa shape index (κ1) is 18.6. The largest absolute Gasteiger partial charge is 0.493 e. The standard InChI is InChI=1S/C22H34O3/c1-14(2)16-12-15-8-9-18-21(3,4)10-7-11-22(18,23)13-17(15)20(25-6)19(16)24-5/h12,14,18,23H,7-11,13H2,1-6H3. The number of hydrogen-bond acceptors (Lipinski definition) is 3. The molecule has 0 amide bonds. The molecule has 1 fully saturated rings. The molecule has 0 spiro atoms. The van der Waals surface area contributed by atoms with Crippen molar-refractivity contribution in [3.63, 3.8) is 0 Å². The van der Waals surface area contributed by atoms with E-state index in [1.54, 1.807) is 14.2 Å². The van der Waals surface area contributed by atoms with Gasteiger partial charge in [-0.3, -0.25) is 0 Å². The summed E-state index contributed by atoms with van der Waals surface area (Å²) < 4.78 is 11.6. The van der Waals surface area contributed by atoms with E-state index in [-0.39, 0.29) is 5.41 Å². The minimum atomic E-state index is -0.634. The summed E-state index contributed by atoms with van der Waals surface area (Å²) in [5, 5.41) is 11.6. The highest BCUT2D eigenvalue weighted by molar-refractivity contribution is 5.57. The van der Waals surface area contributed by atoms with Crippen molar-refractivity contribution >= 4 is 0 Å². The summed E-state index contributed by atoms with van der Waals surface area (Å²) in [5.41, 5.74) is 3.25. The molecule has 0 bridgehead atoms. The van der Waals surface area contributed by atoms with E-state index >= 15 is 0 Å². The molecule has 0 saturated heterocycles. The van der Waals surface area contributed by atoms with Gasteiger partial charge in [-0.05, 0) is 48.5 Å². The molecule has 1 aromatic carbocycles. The molecule has 0 radical (unpaired) electrons. The highest BCUT2D eigenvalue weighted by Gasteiger charge is 2.49. The molecule has 2 unspecified atom stereocenters. The fourth-order valence-corrected chi connectivity index (χ4v) is 5.43. The predicted octanol–water partition coefficient (Wildman–Crippen LogP) is 4.87. The van der Waals surface area contributed by atoms with E-state index in [4.69, 9.17) is 9.47 Å². The van der Waals surface area contributed by atoms with Crippen LogP contribution in [0, 0.1) is 11.3 Å². The monoisotopic (exact) mass is 346 g/mol. The number of methoxy groups -OCH3 is 2. The van der Waals surface area contributed by atoms with Crippen molar-refractivity contribution in [2.24, 2.45) is 11.3 Å². The van der Waals surface area contributed by atoms with Crippen LogP contribution < -0.4 is 9.47 Å². The van der Waals surface area contributed by atoms with Gasteiger partial charge in [-0.2, -0.15) is 0 Å². The molecule has 2 atom stereocenters. The normalized spacial score (nSPS) is 28.1. The summed E-state index contributed by atoms with van der Waals surface area (Å²) in [4.78, 5) is 0. The van der Waals surface area contributed by atoms with E-state index < -0.39 is 5.60 Å². The van der Waals surface area contributed by atoms with Crippen molar-refractivity contribution in [1.29, 1.82) is 0 Å². The van der Waals surface area contributed by atoms with Gasteiger partial charge in [0.25, 0.3) is 0 Å². The zero-order valence-corrected chi connectivity index (χ0v) is 16.7. The molecule has 1 N–H and O–H groups in total. The minimum Gasteiger partial charge on any atom is -0.493 e. The summed E-state index contributed by atoms with van der Waals surface area (Å²) in [5.74, 6) is 2.38. The van der Waals surface area contributed by atoms with Crippen LogP contribution in [0.25, 0.3) is 0 Å². The van der Waals surface area contributed by atoms with Crippen molar-refractivity contribution in [2.45, 2.75) is 77.7 Å². The number of hydrogen-bond donors (Lipinski definition) is 1. The van der Waals surface area contributed by atoms with Gasteiger partial charge in [-0.25, -0.2) is 0 Å². The van der Waals surface area contributed by atoms with E-state index in [9.17, 15) is 5.11 Å². The van der Waals surface area contributed by atoms with Crippen molar-refractivity contribution in [1.82, 2.24) is 0 Å². The molecule has 2 aliphatic carbocycles. The van der Waals surface area contributed by atoms with Crippen LogP contribution in [-0.4, -0.2) is 24.9 Å². The zero-order chi connectivity index (χ0) is 18.4. The third kappa shape index (κ3) is 3.05. The third-order valence-electron chi connectivity index (χ3n) is 6.70. The first-order valence-electron chi connectivity index (χ1n) is 9.72. The average molecular weight is 347 g/mol. The van der Waals surface area contributed by atoms with Crippen LogP contribution in [-0.2, 0) is 12.8 Å². The number of fused-ring (bicyclic) bond motifs is 2. The molecule has 3 rings (SSSR count). The Kier molecular flexibility index (Phi) is 4.83. The number of benzene rings is 1. The van der Waals surface area contributed by atoms with Crippen LogP contribution in [0.15, 0.2) is 6.07 Å². The zero-order valence-electron chi connectivity index (χ0n) is 16.7. The lowest BCUT2D eigenvalue weighted by Gasteiger charge is -2.49. The Bertz CT molecular complexity index is 647. The number of ether oxygens (including phenoxy) is 2. The molecule has 1 saturated carbocycles. The van der Waals surface area contributed by atoms with Crippen LogP contribution in [0.3, 0.4) is 0 Å². The maximum Gasteiger partial charge on any atom is 0.164 e. The topological polar surface area (TPSA) is 38.7 Å². The highest BCUT2D eigenvalue weighted by atomic mass is 16.5. The number of rotatable bonds is 3. The van der Waals surface area contributed by atoms with Crippen molar-refractivity contribution in [2.75, 3.05) is 14.2 Å². The molecule has 25 heavy (non-hydrogen) atoms. The van der Waals surface area contributed by atoms with Gasteiger partial charge in [-0.1, -0.05) is 40.2 Å². The lowest BCUT2D eigenvalue weighted by molar-refractivity contribution is -0.102. The molecular formula is C22H34O3. The van der Waals surface area contributed by atoms with Crippen LogP contribution >= 0.6 is 0 Å². The first-order chi connectivity index (χ1) is 11.7.